The number of carboxylic acids is 1. The van der Waals surface area contributed by atoms with Gasteiger partial charge < -0.3 is 9.84 Å². The monoisotopic (exact) mass is 349 g/mol. The van der Waals surface area contributed by atoms with Gasteiger partial charge >= 0.3 is 5.97 Å². The van der Waals surface area contributed by atoms with Crippen molar-refractivity contribution >= 4 is 21.7 Å². The minimum absolute atomic E-state index is 0.00680. The van der Waals surface area contributed by atoms with Gasteiger partial charge in [0.15, 0.2) is 0 Å². The van der Waals surface area contributed by atoms with Gasteiger partial charge in [-0.3, -0.25) is 4.72 Å². The van der Waals surface area contributed by atoms with E-state index in [9.17, 15) is 13.2 Å². The third-order valence-electron chi connectivity index (χ3n) is 3.20. The summed E-state index contributed by atoms with van der Waals surface area (Å²) < 4.78 is 32.8. The number of carbonyl (C=O) groups is 1. The Balaban J connectivity index is 2.22. The van der Waals surface area contributed by atoms with Crippen LogP contribution >= 0.6 is 0 Å². The predicted molar refractivity (Wildman–Crippen MR) is 91.2 cm³/mol. The van der Waals surface area contributed by atoms with E-state index in [4.69, 9.17) is 9.84 Å². The van der Waals surface area contributed by atoms with Gasteiger partial charge in [0, 0.05) is 5.69 Å². The SMILES string of the molecule is Cc1cc(NS(=O)(=O)c2ccc(C(=O)O)cc2)ccc1OC(C)C. The fourth-order valence-electron chi connectivity index (χ4n) is 2.09. The molecule has 0 saturated carbocycles. The Hall–Kier alpha value is -2.54. The zero-order valence-electron chi connectivity index (χ0n) is 13.6. The van der Waals surface area contributed by atoms with E-state index in [0.717, 1.165) is 5.56 Å². The Kier molecular flexibility index (Phi) is 5.14. The minimum atomic E-state index is -3.79. The fourth-order valence-corrected chi connectivity index (χ4v) is 3.14. The molecule has 0 heterocycles. The van der Waals surface area contributed by atoms with Gasteiger partial charge in [-0.25, -0.2) is 13.2 Å². The molecule has 6 nitrogen and oxygen atoms in total. The van der Waals surface area contributed by atoms with Crippen LogP contribution in [0.5, 0.6) is 5.75 Å². The smallest absolute Gasteiger partial charge is 0.335 e. The van der Waals surface area contributed by atoms with Crippen molar-refractivity contribution in [2.75, 3.05) is 4.72 Å². The maximum Gasteiger partial charge on any atom is 0.335 e. The number of rotatable bonds is 6. The molecule has 128 valence electrons. The first-order chi connectivity index (χ1) is 11.2. The average molecular weight is 349 g/mol. The Morgan fingerprint density at radius 3 is 2.25 bits per heavy atom. The summed E-state index contributed by atoms with van der Waals surface area (Å²) >= 11 is 0. The molecule has 2 rings (SSSR count). The molecular weight excluding hydrogens is 330 g/mol. The van der Waals surface area contributed by atoms with E-state index < -0.39 is 16.0 Å². The first kappa shape index (κ1) is 17.8. The van der Waals surface area contributed by atoms with Crippen LogP contribution in [0.25, 0.3) is 0 Å². The number of ether oxygens (including phenoxy) is 1. The van der Waals surface area contributed by atoms with Crippen molar-refractivity contribution in [3.63, 3.8) is 0 Å². The second-order valence-electron chi connectivity index (χ2n) is 5.58. The maximum absolute atomic E-state index is 12.4. The van der Waals surface area contributed by atoms with E-state index in [1.165, 1.54) is 24.3 Å². The molecule has 0 unspecified atom stereocenters. The minimum Gasteiger partial charge on any atom is -0.491 e. The van der Waals surface area contributed by atoms with Gasteiger partial charge in [0.2, 0.25) is 0 Å². The summed E-state index contributed by atoms with van der Waals surface area (Å²) in [5.74, 6) is -0.415. The first-order valence-electron chi connectivity index (χ1n) is 7.32. The van der Waals surface area contributed by atoms with Gasteiger partial charge in [-0.15, -0.1) is 0 Å². The van der Waals surface area contributed by atoms with E-state index >= 15 is 0 Å². The molecule has 0 amide bonds. The van der Waals surface area contributed by atoms with Crippen LogP contribution in [0.1, 0.15) is 29.8 Å². The number of aryl methyl sites for hydroxylation is 1. The topological polar surface area (TPSA) is 92.7 Å². The molecule has 0 radical (unpaired) electrons. The Labute approximate surface area is 141 Å². The van der Waals surface area contributed by atoms with Crippen LogP contribution in [0.3, 0.4) is 0 Å². The number of anilines is 1. The van der Waals surface area contributed by atoms with Gasteiger partial charge in [-0.2, -0.15) is 0 Å². The van der Waals surface area contributed by atoms with E-state index in [1.54, 1.807) is 18.2 Å². The zero-order chi connectivity index (χ0) is 17.9. The quantitative estimate of drug-likeness (QED) is 0.835. The van der Waals surface area contributed by atoms with Crippen molar-refractivity contribution in [3.05, 3.63) is 53.6 Å². The number of hydrogen-bond acceptors (Lipinski definition) is 4. The van der Waals surface area contributed by atoms with E-state index in [1.807, 2.05) is 20.8 Å². The summed E-state index contributed by atoms with van der Waals surface area (Å²) in [5, 5.41) is 8.86. The fraction of sp³-hybridized carbons (Fsp3) is 0.235. The maximum atomic E-state index is 12.4. The number of benzene rings is 2. The van der Waals surface area contributed by atoms with Crippen molar-refractivity contribution in [3.8, 4) is 5.75 Å². The molecule has 0 aliphatic carbocycles. The highest BCUT2D eigenvalue weighted by atomic mass is 32.2. The number of sulfonamides is 1. The first-order valence-corrected chi connectivity index (χ1v) is 8.81. The normalized spacial score (nSPS) is 11.3. The van der Waals surface area contributed by atoms with E-state index in [-0.39, 0.29) is 16.6 Å². The highest BCUT2D eigenvalue weighted by molar-refractivity contribution is 7.92. The molecule has 2 aromatic rings. The van der Waals surface area contributed by atoms with Crippen LogP contribution < -0.4 is 9.46 Å². The summed E-state index contributed by atoms with van der Waals surface area (Å²) in [5.41, 5.74) is 1.25. The number of aromatic carboxylic acids is 1. The van der Waals surface area contributed by atoms with Crippen LogP contribution in [-0.2, 0) is 10.0 Å². The van der Waals surface area contributed by atoms with Crippen LogP contribution in [0, 0.1) is 6.92 Å². The largest absolute Gasteiger partial charge is 0.491 e. The lowest BCUT2D eigenvalue weighted by Crippen LogP contribution is -2.13. The number of nitrogens with one attached hydrogen (secondary N) is 1. The predicted octanol–water partition coefficient (Wildman–Crippen LogP) is 3.28. The van der Waals surface area contributed by atoms with Crippen molar-refractivity contribution in [1.29, 1.82) is 0 Å². The van der Waals surface area contributed by atoms with Crippen LogP contribution in [-0.4, -0.2) is 25.6 Å². The molecule has 2 aromatic carbocycles. The van der Waals surface area contributed by atoms with E-state index in [2.05, 4.69) is 4.72 Å². The summed E-state index contributed by atoms with van der Waals surface area (Å²) in [4.78, 5) is 10.8. The molecule has 0 saturated heterocycles. The highest BCUT2D eigenvalue weighted by Crippen LogP contribution is 2.25. The Bertz CT molecular complexity index is 842. The molecular formula is C17H19NO5S. The molecule has 0 fully saturated rings. The molecule has 0 aliphatic rings. The summed E-state index contributed by atoms with van der Waals surface area (Å²) in [6.45, 7) is 5.66. The van der Waals surface area contributed by atoms with Gasteiger partial charge in [0.05, 0.1) is 16.6 Å². The Morgan fingerprint density at radius 1 is 1.12 bits per heavy atom. The second kappa shape index (κ2) is 6.92. The van der Waals surface area contributed by atoms with Crippen molar-refractivity contribution < 1.29 is 23.1 Å². The van der Waals surface area contributed by atoms with Crippen molar-refractivity contribution in [1.82, 2.24) is 0 Å². The Morgan fingerprint density at radius 2 is 1.75 bits per heavy atom. The molecule has 2 N–H and O–H groups in total. The van der Waals surface area contributed by atoms with Gasteiger partial charge in [-0.05, 0) is 68.8 Å². The summed E-state index contributed by atoms with van der Waals surface area (Å²) in [6.07, 6.45) is 0.0268. The molecule has 0 atom stereocenters. The third kappa shape index (κ3) is 4.26. The number of carboxylic acid groups (broad SMARTS) is 1. The van der Waals surface area contributed by atoms with E-state index in [0.29, 0.717) is 11.4 Å². The van der Waals surface area contributed by atoms with Crippen LogP contribution in [0.15, 0.2) is 47.4 Å². The van der Waals surface area contributed by atoms with Gasteiger partial charge in [-0.1, -0.05) is 0 Å². The third-order valence-corrected chi connectivity index (χ3v) is 4.60. The lowest BCUT2D eigenvalue weighted by Gasteiger charge is -2.14. The second-order valence-corrected chi connectivity index (χ2v) is 7.26. The summed E-state index contributed by atoms with van der Waals surface area (Å²) in [6, 6.07) is 10.0. The van der Waals surface area contributed by atoms with Crippen molar-refractivity contribution in [2.24, 2.45) is 0 Å². The molecule has 0 aromatic heterocycles. The van der Waals surface area contributed by atoms with Gasteiger partial charge in [0.1, 0.15) is 5.75 Å². The van der Waals surface area contributed by atoms with Crippen LogP contribution in [0.4, 0.5) is 5.69 Å². The lowest BCUT2D eigenvalue weighted by atomic mass is 10.2. The average Bonchev–Trinajstić information content (AvgIpc) is 2.49. The standard InChI is InChI=1S/C17H19NO5S/c1-11(2)23-16-9-6-14(10-12(16)3)18-24(21,22)15-7-4-13(5-8-15)17(19)20/h4-11,18H,1-3H3,(H,19,20). The molecule has 24 heavy (non-hydrogen) atoms. The highest BCUT2D eigenvalue weighted by Gasteiger charge is 2.15. The summed E-state index contributed by atoms with van der Waals surface area (Å²) in [7, 11) is -3.79. The molecule has 0 aliphatic heterocycles. The van der Waals surface area contributed by atoms with Crippen LogP contribution in [0.2, 0.25) is 0 Å². The molecule has 0 bridgehead atoms. The lowest BCUT2D eigenvalue weighted by molar-refractivity contribution is 0.0696. The molecule has 7 heteroatoms. The van der Waals surface area contributed by atoms with Gasteiger partial charge in [0.25, 0.3) is 10.0 Å². The number of hydrogen-bond donors (Lipinski definition) is 2. The zero-order valence-corrected chi connectivity index (χ0v) is 14.4. The molecule has 0 spiro atoms. The van der Waals surface area contributed by atoms with Crippen molar-refractivity contribution in [2.45, 2.75) is 31.8 Å².